The number of benzene rings is 2. The van der Waals surface area contributed by atoms with Crippen molar-refractivity contribution in [2.75, 3.05) is 37.6 Å². The summed E-state index contributed by atoms with van der Waals surface area (Å²) in [7, 11) is 0. The predicted octanol–water partition coefficient (Wildman–Crippen LogP) is 4.37. The van der Waals surface area contributed by atoms with Crippen LogP contribution in [0, 0.1) is 0 Å². The lowest BCUT2D eigenvalue weighted by molar-refractivity contribution is -0.121. The minimum atomic E-state index is -0.123. The molecule has 1 N–H and O–H groups in total. The van der Waals surface area contributed by atoms with Gasteiger partial charge in [-0.05, 0) is 47.4 Å². The quantitative estimate of drug-likeness (QED) is 0.621. The van der Waals surface area contributed by atoms with E-state index in [1.165, 1.54) is 0 Å². The fraction of sp³-hybridized carbons (Fsp3) is 0.286. The molecule has 2 aliphatic rings. The van der Waals surface area contributed by atoms with Crippen LogP contribution in [-0.2, 0) is 4.79 Å². The molecule has 0 bridgehead atoms. The summed E-state index contributed by atoms with van der Waals surface area (Å²) in [6.07, 6.45) is 7.54. The van der Waals surface area contributed by atoms with Crippen molar-refractivity contribution < 1.29 is 4.79 Å². The molecule has 1 aliphatic heterocycles. The van der Waals surface area contributed by atoms with Gasteiger partial charge in [-0.1, -0.05) is 66.7 Å². The lowest BCUT2D eigenvalue weighted by atomic mass is 9.94. The first-order valence-corrected chi connectivity index (χ1v) is 11.8. The summed E-state index contributed by atoms with van der Waals surface area (Å²) in [5.74, 6) is 1.16. The molecule has 1 aliphatic carbocycles. The zero-order valence-corrected chi connectivity index (χ0v) is 18.9. The van der Waals surface area contributed by atoms with Gasteiger partial charge in [-0.25, -0.2) is 4.98 Å². The number of amides is 1. The van der Waals surface area contributed by atoms with Gasteiger partial charge in [-0.15, -0.1) is 0 Å². The van der Waals surface area contributed by atoms with Crippen LogP contribution >= 0.6 is 0 Å². The van der Waals surface area contributed by atoms with E-state index in [0.29, 0.717) is 6.42 Å². The van der Waals surface area contributed by atoms with E-state index in [2.05, 4.69) is 62.6 Å². The normalized spacial score (nSPS) is 16.1. The topological polar surface area (TPSA) is 48.5 Å². The van der Waals surface area contributed by atoms with Crippen LogP contribution in [0.1, 0.15) is 41.1 Å². The number of piperazine rings is 1. The zero-order chi connectivity index (χ0) is 22.5. The summed E-state index contributed by atoms with van der Waals surface area (Å²) in [5, 5.41) is 3.32. The average molecular weight is 439 g/mol. The van der Waals surface area contributed by atoms with Crippen LogP contribution in [0.15, 0.2) is 72.9 Å². The van der Waals surface area contributed by atoms with E-state index in [1.807, 2.05) is 42.6 Å². The molecule has 0 radical (unpaired) electrons. The molecule has 0 saturated carbocycles. The van der Waals surface area contributed by atoms with Crippen molar-refractivity contribution in [1.82, 2.24) is 15.2 Å². The summed E-state index contributed by atoms with van der Waals surface area (Å²) >= 11 is 0. The molecule has 1 amide bonds. The minimum absolute atomic E-state index is 0.110. The first-order valence-electron chi connectivity index (χ1n) is 11.8. The van der Waals surface area contributed by atoms with Gasteiger partial charge < -0.3 is 10.2 Å². The number of anilines is 1. The average Bonchev–Trinajstić information content (AvgIpc) is 3.02. The number of hydrogen-bond acceptors (Lipinski definition) is 4. The Balaban J connectivity index is 1.16. The number of pyridine rings is 1. The van der Waals surface area contributed by atoms with E-state index < -0.39 is 0 Å². The van der Waals surface area contributed by atoms with Gasteiger partial charge in [0.15, 0.2) is 0 Å². The van der Waals surface area contributed by atoms with Gasteiger partial charge in [0, 0.05) is 38.8 Å². The van der Waals surface area contributed by atoms with Gasteiger partial charge in [-0.3, -0.25) is 9.69 Å². The smallest absolute Gasteiger partial charge is 0.220 e. The third-order valence-electron chi connectivity index (χ3n) is 6.59. The summed E-state index contributed by atoms with van der Waals surface area (Å²) in [5.41, 5.74) is 4.62. The predicted molar refractivity (Wildman–Crippen MR) is 134 cm³/mol. The van der Waals surface area contributed by atoms with Crippen LogP contribution in [0.4, 0.5) is 5.82 Å². The van der Waals surface area contributed by atoms with Crippen molar-refractivity contribution in [2.45, 2.75) is 18.9 Å². The van der Waals surface area contributed by atoms with Gasteiger partial charge in [-0.2, -0.15) is 0 Å². The number of nitrogens with zero attached hydrogens (tertiary/aromatic N) is 3. The molecule has 0 unspecified atom stereocenters. The second-order valence-corrected chi connectivity index (χ2v) is 8.71. The van der Waals surface area contributed by atoms with E-state index in [0.717, 1.165) is 67.2 Å². The third-order valence-corrected chi connectivity index (χ3v) is 6.59. The second kappa shape index (κ2) is 10.0. The molecule has 0 atom stereocenters. The third kappa shape index (κ3) is 4.99. The lowest BCUT2D eigenvalue weighted by Gasteiger charge is -2.35. The largest absolute Gasteiger partial charge is 0.354 e. The first kappa shape index (κ1) is 21.4. The molecule has 168 valence electrons. The fourth-order valence-corrected chi connectivity index (χ4v) is 4.79. The highest BCUT2D eigenvalue weighted by Gasteiger charge is 2.23. The number of carbonyl (C=O) groups excluding carboxylic acids is 1. The van der Waals surface area contributed by atoms with Gasteiger partial charge in [0.05, 0.1) is 6.04 Å². The van der Waals surface area contributed by atoms with E-state index >= 15 is 0 Å². The molecule has 33 heavy (non-hydrogen) atoms. The van der Waals surface area contributed by atoms with Gasteiger partial charge in [0.1, 0.15) is 5.82 Å². The number of nitrogens with one attached hydrogen (secondary N) is 1. The Kier molecular flexibility index (Phi) is 6.49. The zero-order valence-electron chi connectivity index (χ0n) is 18.9. The maximum Gasteiger partial charge on any atom is 0.220 e. The number of rotatable bonds is 6. The SMILES string of the molecule is O=C(CCCN1CCN(c2ccccn2)CC1)NC1c2ccccc2C=Cc2ccccc21. The molecule has 5 rings (SSSR count). The molecule has 2 heterocycles. The Bertz CT molecular complexity index is 1070. The first-order chi connectivity index (χ1) is 16.3. The molecule has 0 spiro atoms. The monoisotopic (exact) mass is 438 g/mol. The van der Waals surface area contributed by atoms with E-state index in [4.69, 9.17) is 0 Å². The maximum atomic E-state index is 13.0. The molecule has 5 nitrogen and oxygen atoms in total. The van der Waals surface area contributed by atoms with Crippen molar-refractivity contribution in [3.05, 3.63) is 95.2 Å². The number of fused-ring (bicyclic) bond motifs is 2. The summed E-state index contributed by atoms with van der Waals surface area (Å²) in [4.78, 5) is 22.2. The van der Waals surface area contributed by atoms with Crippen molar-refractivity contribution in [1.29, 1.82) is 0 Å². The van der Waals surface area contributed by atoms with Crippen LogP contribution < -0.4 is 10.2 Å². The van der Waals surface area contributed by atoms with Crippen LogP contribution in [0.25, 0.3) is 12.2 Å². The van der Waals surface area contributed by atoms with Crippen LogP contribution in [0.3, 0.4) is 0 Å². The molecule has 3 aromatic rings. The molecular formula is C28H30N4O. The van der Waals surface area contributed by atoms with Crippen molar-refractivity contribution in [3.63, 3.8) is 0 Å². The standard InChI is InChI=1S/C28H30N4O/c33-27(13-7-17-31-18-20-32(21-19-31)26-12-5-6-16-29-26)30-28-24-10-3-1-8-22(24)14-15-23-9-2-4-11-25(23)28/h1-6,8-12,14-16,28H,7,13,17-21H2,(H,30,33). The minimum Gasteiger partial charge on any atom is -0.354 e. The van der Waals surface area contributed by atoms with E-state index in [1.54, 1.807) is 0 Å². The summed E-state index contributed by atoms with van der Waals surface area (Å²) < 4.78 is 0. The molecular weight excluding hydrogens is 408 g/mol. The number of hydrogen-bond donors (Lipinski definition) is 1. The highest BCUT2D eigenvalue weighted by atomic mass is 16.1. The highest BCUT2D eigenvalue weighted by Crippen LogP contribution is 2.32. The molecule has 2 aromatic carbocycles. The Morgan fingerprint density at radius 3 is 2.12 bits per heavy atom. The van der Waals surface area contributed by atoms with Crippen LogP contribution in [0.5, 0.6) is 0 Å². The Morgan fingerprint density at radius 2 is 1.48 bits per heavy atom. The number of aromatic nitrogens is 1. The van der Waals surface area contributed by atoms with Crippen LogP contribution in [-0.4, -0.2) is 48.5 Å². The van der Waals surface area contributed by atoms with Gasteiger partial charge in [0.2, 0.25) is 5.91 Å². The van der Waals surface area contributed by atoms with Crippen LogP contribution in [0.2, 0.25) is 0 Å². The van der Waals surface area contributed by atoms with E-state index in [9.17, 15) is 4.79 Å². The fourth-order valence-electron chi connectivity index (χ4n) is 4.79. The molecule has 1 saturated heterocycles. The Hall–Kier alpha value is -3.44. The maximum absolute atomic E-state index is 13.0. The Labute approximate surface area is 195 Å². The Morgan fingerprint density at radius 1 is 0.848 bits per heavy atom. The highest BCUT2D eigenvalue weighted by molar-refractivity contribution is 5.80. The van der Waals surface area contributed by atoms with Gasteiger partial charge in [0.25, 0.3) is 0 Å². The van der Waals surface area contributed by atoms with E-state index in [-0.39, 0.29) is 11.9 Å². The van der Waals surface area contributed by atoms with Crippen molar-refractivity contribution in [2.24, 2.45) is 0 Å². The summed E-state index contributed by atoms with van der Waals surface area (Å²) in [6.45, 7) is 4.92. The number of carbonyl (C=O) groups is 1. The molecule has 1 fully saturated rings. The van der Waals surface area contributed by atoms with Gasteiger partial charge >= 0.3 is 0 Å². The molecule has 5 heteroatoms. The lowest BCUT2D eigenvalue weighted by Crippen LogP contribution is -2.47. The summed E-state index contributed by atoms with van der Waals surface area (Å²) in [6, 6.07) is 22.6. The second-order valence-electron chi connectivity index (χ2n) is 8.71. The van der Waals surface area contributed by atoms with Crippen molar-refractivity contribution >= 4 is 23.9 Å². The van der Waals surface area contributed by atoms with Crippen molar-refractivity contribution in [3.8, 4) is 0 Å². The molecule has 1 aromatic heterocycles.